The first-order chi connectivity index (χ1) is 8.60. The molecule has 0 saturated carbocycles. The molecule has 0 radical (unpaired) electrons. The molecule has 0 spiro atoms. The maximum Gasteiger partial charge on any atom is 0.345 e. The number of aliphatic hydroxyl groups is 1. The molecule has 6 nitrogen and oxygen atoms in total. The lowest BCUT2D eigenvalue weighted by Crippen LogP contribution is -2.16. The maximum absolute atomic E-state index is 11.5. The molecule has 2 aromatic heterocycles. The Labute approximate surface area is 104 Å². The lowest BCUT2D eigenvalue weighted by Gasteiger charge is -2.07. The molecular formula is C12H15N3O3. The lowest BCUT2D eigenvalue weighted by atomic mass is 10.1. The minimum absolute atomic E-state index is 0.0721. The maximum atomic E-state index is 11.5. The first-order valence-corrected chi connectivity index (χ1v) is 5.72. The van der Waals surface area contributed by atoms with Crippen LogP contribution in [-0.4, -0.2) is 26.8 Å². The van der Waals surface area contributed by atoms with Gasteiger partial charge in [-0.25, -0.2) is 4.79 Å². The Morgan fingerprint density at radius 1 is 1.56 bits per heavy atom. The number of aryl methyl sites for hydroxylation is 1. The Bertz CT molecular complexity index is 588. The van der Waals surface area contributed by atoms with E-state index in [1.165, 1.54) is 6.26 Å². The fourth-order valence-corrected chi connectivity index (χ4v) is 1.71. The number of H-pyrrole nitrogens is 1. The highest BCUT2D eigenvalue weighted by Gasteiger charge is 2.11. The van der Waals surface area contributed by atoms with Gasteiger partial charge in [-0.3, -0.25) is 0 Å². The molecule has 2 heterocycles. The fourth-order valence-electron chi connectivity index (χ4n) is 1.71. The highest BCUT2D eigenvalue weighted by Crippen LogP contribution is 2.19. The van der Waals surface area contributed by atoms with E-state index >= 15 is 0 Å². The van der Waals surface area contributed by atoms with Crippen molar-refractivity contribution >= 4 is 0 Å². The summed E-state index contributed by atoms with van der Waals surface area (Å²) in [5.41, 5.74) is 2.20. The van der Waals surface area contributed by atoms with Crippen LogP contribution >= 0.6 is 0 Å². The van der Waals surface area contributed by atoms with E-state index in [4.69, 9.17) is 9.63 Å². The topological polar surface area (TPSA) is 92.0 Å². The Balaban J connectivity index is 2.38. The van der Waals surface area contributed by atoms with Crippen molar-refractivity contribution in [2.45, 2.75) is 20.3 Å². The lowest BCUT2D eigenvalue weighted by molar-refractivity contribution is 0.236. The van der Waals surface area contributed by atoms with Crippen LogP contribution in [-0.2, 0) is 6.42 Å². The van der Waals surface area contributed by atoms with E-state index < -0.39 is 5.69 Å². The molecule has 0 amide bonds. The Morgan fingerprint density at radius 3 is 2.94 bits per heavy atom. The van der Waals surface area contributed by atoms with Gasteiger partial charge in [-0.15, -0.1) is 0 Å². The van der Waals surface area contributed by atoms with Crippen molar-refractivity contribution in [2.75, 3.05) is 6.61 Å². The summed E-state index contributed by atoms with van der Waals surface area (Å²) in [6, 6.07) is 1.76. The summed E-state index contributed by atoms with van der Waals surface area (Å²) in [6.45, 7) is 3.81. The van der Waals surface area contributed by atoms with Crippen molar-refractivity contribution in [3.63, 3.8) is 0 Å². The van der Waals surface area contributed by atoms with Gasteiger partial charge in [0.15, 0.2) is 0 Å². The molecule has 6 heteroatoms. The number of hydrogen-bond acceptors (Lipinski definition) is 5. The van der Waals surface area contributed by atoms with Crippen LogP contribution in [0.3, 0.4) is 0 Å². The van der Waals surface area contributed by atoms with E-state index in [-0.39, 0.29) is 12.5 Å². The molecule has 2 N–H and O–H groups in total. The zero-order valence-electron chi connectivity index (χ0n) is 10.3. The number of aliphatic hydroxyl groups excluding tert-OH is 1. The molecular weight excluding hydrogens is 234 g/mol. The molecule has 1 unspecified atom stereocenters. The van der Waals surface area contributed by atoms with E-state index in [0.29, 0.717) is 17.8 Å². The standard InChI is InChI=1S/C12H15N3O3/c1-7(5-16)3-9-4-10(14-12(17)13-9)11-8(2)6-18-15-11/h4,6-7,16H,3,5H2,1-2H3,(H,13,14,17). The number of rotatable bonds is 4. The average molecular weight is 249 g/mol. The summed E-state index contributed by atoms with van der Waals surface area (Å²) in [5.74, 6) is 0.0781. The van der Waals surface area contributed by atoms with Gasteiger partial charge >= 0.3 is 5.69 Å². The predicted octanol–water partition coefficient (Wildman–Crippen LogP) is 0.904. The fraction of sp³-hybridized carbons (Fsp3) is 0.417. The monoisotopic (exact) mass is 249 g/mol. The first kappa shape index (κ1) is 12.5. The molecule has 0 bridgehead atoms. The minimum atomic E-state index is -0.421. The van der Waals surface area contributed by atoms with Crippen LogP contribution in [0.2, 0.25) is 0 Å². The van der Waals surface area contributed by atoms with Crippen molar-refractivity contribution in [3.8, 4) is 11.4 Å². The third-order valence-electron chi connectivity index (χ3n) is 2.67. The predicted molar refractivity (Wildman–Crippen MR) is 65.0 cm³/mol. The highest BCUT2D eigenvalue weighted by molar-refractivity contribution is 5.57. The third kappa shape index (κ3) is 2.65. The number of aromatic nitrogens is 3. The van der Waals surface area contributed by atoms with Crippen LogP contribution in [0.4, 0.5) is 0 Å². The van der Waals surface area contributed by atoms with Gasteiger partial charge in [0.05, 0.1) is 5.69 Å². The van der Waals surface area contributed by atoms with Gasteiger partial charge in [-0.1, -0.05) is 12.1 Å². The van der Waals surface area contributed by atoms with Crippen LogP contribution < -0.4 is 5.69 Å². The SMILES string of the molecule is Cc1conc1-c1cc(CC(C)CO)[nH]c(=O)n1. The summed E-state index contributed by atoms with van der Waals surface area (Å²) >= 11 is 0. The first-order valence-electron chi connectivity index (χ1n) is 5.72. The third-order valence-corrected chi connectivity index (χ3v) is 2.67. The second-order valence-electron chi connectivity index (χ2n) is 4.43. The zero-order valence-corrected chi connectivity index (χ0v) is 10.3. The molecule has 96 valence electrons. The molecule has 0 aliphatic rings. The van der Waals surface area contributed by atoms with Gasteiger partial charge < -0.3 is 14.6 Å². The molecule has 2 rings (SSSR count). The molecule has 18 heavy (non-hydrogen) atoms. The number of hydrogen-bond donors (Lipinski definition) is 2. The van der Waals surface area contributed by atoms with E-state index in [1.54, 1.807) is 6.07 Å². The van der Waals surface area contributed by atoms with Crippen molar-refractivity contribution in [3.05, 3.63) is 34.1 Å². The molecule has 0 saturated heterocycles. The van der Waals surface area contributed by atoms with Gasteiger partial charge in [0, 0.05) is 17.9 Å². The van der Waals surface area contributed by atoms with Crippen LogP contribution in [0.25, 0.3) is 11.4 Å². The molecule has 0 aliphatic heterocycles. The molecule has 2 aromatic rings. The number of nitrogens with zero attached hydrogens (tertiary/aromatic N) is 2. The quantitative estimate of drug-likeness (QED) is 0.840. The summed E-state index contributed by atoms with van der Waals surface area (Å²) < 4.78 is 4.84. The van der Waals surface area contributed by atoms with E-state index in [1.807, 2.05) is 13.8 Å². The summed E-state index contributed by atoms with van der Waals surface area (Å²) in [7, 11) is 0. The zero-order chi connectivity index (χ0) is 13.1. The van der Waals surface area contributed by atoms with Gasteiger partial charge in [0.25, 0.3) is 0 Å². The molecule has 1 atom stereocenters. The van der Waals surface area contributed by atoms with E-state index in [2.05, 4.69) is 15.1 Å². The van der Waals surface area contributed by atoms with Gasteiger partial charge in [-0.2, -0.15) is 4.98 Å². The van der Waals surface area contributed by atoms with Gasteiger partial charge in [0.1, 0.15) is 12.0 Å². The number of nitrogens with one attached hydrogen (secondary N) is 1. The van der Waals surface area contributed by atoms with Gasteiger partial charge in [-0.05, 0) is 25.3 Å². The van der Waals surface area contributed by atoms with Crippen LogP contribution in [0.5, 0.6) is 0 Å². The minimum Gasteiger partial charge on any atom is -0.396 e. The Morgan fingerprint density at radius 2 is 2.33 bits per heavy atom. The molecule has 0 aliphatic carbocycles. The summed E-state index contributed by atoms with van der Waals surface area (Å²) in [6.07, 6.45) is 2.09. The summed E-state index contributed by atoms with van der Waals surface area (Å²) in [4.78, 5) is 18.0. The second kappa shape index (κ2) is 5.14. The number of aromatic amines is 1. The van der Waals surface area contributed by atoms with Crippen molar-refractivity contribution in [1.29, 1.82) is 0 Å². The van der Waals surface area contributed by atoms with Crippen LogP contribution in [0, 0.1) is 12.8 Å². The van der Waals surface area contributed by atoms with E-state index in [9.17, 15) is 4.79 Å². The van der Waals surface area contributed by atoms with Crippen molar-refractivity contribution in [2.24, 2.45) is 5.92 Å². The summed E-state index contributed by atoms with van der Waals surface area (Å²) in [5, 5.41) is 12.9. The molecule has 0 fully saturated rings. The van der Waals surface area contributed by atoms with E-state index in [0.717, 1.165) is 11.3 Å². The van der Waals surface area contributed by atoms with Gasteiger partial charge in [0.2, 0.25) is 0 Å². The molecule has 0 aromatic carbocycles. The van der Waals surface area contributed by atoms with Crippen molar-refractivity contribution in [1.82, 2.24) is 15.1 Å². The largest absolute Gasteiger partial charge is 0.396 e. The Hall–Kier alpha value is -1.95. The smallest absolute Gasteiger partial charge is 0.345 e. The highest BCUT2D eigenvalue weighted by atomic mass is 16.5. The second-order valence-corrected chi connectivity index (χ2v) is 4.43. The van der Waals surface area contributed by atoms with Crippen LogP contribution in [0.1, 0.15) is 18.2 Å². The van der Waals surface area contributed by atoms with Crippen molar-refractivity contribution < 1.29 is 9.63 Å². The average Bonchev–Trinajstić information content (AvgIpc) is 2.74. The van der Waals surface area contributed by atoms with Crippen LogP contribution in [0.15, 0.2) is 21.6 Å². The Kier molecular flexibility index (Phi) is 3.57. The normalized spacial score (nSPS) is 12.6.